The van der Waals surface area contributed by atoms with Gasteiger partial charge in [0, 0.05) is 32.3 Å². The molecule has 1 saturated heterocycles. The van der Waals surface area contributed by atoms with Gasteiger partial charge in [-0.05, 0) is 37.1 Å². The summed E-state index contributed by atoms with van der Waals surface area (Å²) in [5.74, 6) is -1.05. The molecule has 0 unspecified atom stereocenters. The molecule has 7 nitrogen and oxygen atoms in total. The van der Waals surface area contributed by atoms with Crippen molar-refractivity contribution in [2.75, 3.05) is 22.7 Å². The number of sulfonamides is 1. The van der Waals surface area contributed by atoms with Crippen molar-refractivity contribution in [3.8, 4) is 0 Å². The zero-order valence-corrected chi connectivity index (χ0v) is 15.4. The summed E-state index contributed by atoms with van der Waals surface area (Å²) in [5.41, 5.74) is 1.26. The number of oxazole rings is 1. The van der Waals surface area contributed by atoms with Crippen LogP contribution >= 0.6 is 0 Å². The summed E-state index contributed by atoms with van der Waals surface area (Å²) in [6.07, 6.45) is 2.04. The number of fused-ring (bicyclic) bond motifs is 1. The first-order valence-electron chi connectivity index (χ1n) is 8.52. The molecule has 2 heterocycles. The van der Waals surface area contributed by atoms with Crippen LogP contribution in [-0.4, -0.2) is 26.1 Å². The quantitative estimate of drug-likeness (QED) is 0.739. The molecule has 142 valence electrons. The largest absolute Gasteiger partial charge is 0.419 e. The van der Waals surface area contributed by atoms with Crippen LogP contribution in [0.25, 0.3) is 11.1 Å². The highest BCUT2D eigenvalue weighted by atomic mass is 32.2. The smallest absolute Gasteiger partial charge is 0.408 e. The Bertz CT molecular complexity index is 1180. The van der Waals surface area contributed by atoms with E-state index in [0.717, 1.165) is 25.9 Å². The third-order valence-electron chi connectivity index (χ3n) is 4.72. The second kappa shape index (κ2) is 6.41. The molecule has 0 atom stereocenters. The molecule has 9 heteroatoms. The highest BCUT2D eigenvalue weighted by molar-refractivity contribution is 7.92. The van der Waals surface area contributed by atoms with Crippen LogP contribution in [0.4, 0.5) is 15.8 Å². The maximum Gasteiger partial charge on any atom is 0.419 e. The van der Waals surface area contributed by atoms with E-state index in [2.05, 4.69) is 4.72 Å². The van der Waals surface area contributed by atoms with Crippen molar-refractivity contribution in [2.45, 2.75) is 17.7 Å². The molecule has 1 aromatic heterocycles. The number of rotatable bonds is 4. The van der Waals surface area contributed by atoms with E-state index in [1.165, 1.54) is 41.9 Å². The maximum absolute atomic E-state index is 14.4. The summed E-state index contributed by atoms with van der Waals surface area (Å²) in [6.45, 7) is 1.59. The summed E-state index contributed by atoms with van der Waals surface area (Å²) in [7, 11) is -2.43. The summed E-state index contributed by atoms with van der Waals surface area (Å²) in [6, 6.07) is 8.42. The van der Waals surface area contributed by atoms with E-state index >= 15 is 0 Å². The molecule has 1 N–H and O–H groups in total. The molecular weight excluding hydrogens is 373 g/mol. The molecule has 1 fully saturated rings. The number of anilines is 2. The molecule has 0 spiro atoms. The number of aryl methyl sites for hydroxylation is 1. The van der Waals surface area contributed by atoms with Gasteiger partial charge in [0.1, 0.15) is 5.82 Å². The standard InChI is InChI=1S/C18H18FN3O4S/c1-21-16-7-5-13(11-17(16)26-18(21)23)27(24,25)20-12-4-6-15(14(19)10-12)22-8-2-3-9-22/h4-7,10-11,20H,2-3,8-9H2,1H3. The molecule has 3 aromatic rings. The molecule has 0 amide bonds. The van der Waals surface area contributed by atoms with Gasteiger partial charge in [0.2, 0.25) is 0 Å². The molecule has 1 aliphatic rings. The SMILES string of the molecule is Cn1c(=O)oc2cc(S(=O)(=O)Nc3ccc(N4CCCC4)c(F)c3)ccc21. The summed E-state index contributed by atoms with van der Waals surface area (Å²) in [4.78, 5) is 13.4. The fourth-order valence-corrected chi connectivity index (χ4v) is 4.34. The summed E-state index contributed by atoms with van der Waals surface area (Å²) >= 11 is 0. The van der Waals surface area contributed by atoms with Gasteiger partial charge in [0.25, 0.3) is 10.0 Å². The Morgan fingerprint density at radius 1 is 1.11 bits per heavy atom. The Labute approximate surface area is 155 Å². The molecule has 4 rings (SSSR count). The minimum atomic E-state index is -3.96. The molecular formula is C18H18FN3O4S. The van der Waals surface area contributed by atoms with Gasteiger partial charge in [0.15, 0.2) is 5.58 Å². The molecule has 2 aromatic carbocycles. The van der Waals surface area contributed by atoms with Crippen molar-refractivity contribution in [1.29, 1.82) is 0 Å². The van der Waals surface area contributed by atoms with Crippen LogP contribution in [0, 0.1) is 5.82 Å². The first-order chi connectivity index (χ1) is 12.8. The van der Waals surface area contributed by atoms with Crippen LogP contribution in [0.5, 0.6) is 0 Å². The lowest BCUT2D eigenvalue weighted by Gasteiger charge is -2.19. The van der Waals surface area contributed by atoms with Crippen LogP contribution in [-0.2, 0) is 17.1 Å². The van der Waals surface area contributed by atoms with Gasteiger partial charge in [-0.1, -0.05) is 0 Å². The number of halogens is 1. The van der Waals surface area contributed by atoms with Gasteiger partial charge in [-0.25, -0.2) is 17.6 Å². The number of benzene rings is 2. The van der Waals surface area contributed by atoms with Crippen LogP contribution < -0.4 is 15.4 Å². The topological polar surface area (TPSA) is 84.5 Å². The fraction of sp³-hybridized carbons (Fsp3) is 0.278. The summed E-state index contributed by atoms with van der Waals surface area (Å²) < 4.78 is 48.3. The second-order valence-corrected chi connectivity index (χ2v) is 8.20. The monoisotopic (exact) mass is 391 g/mol. The van der Waals surface area contributed by atoms with Crippen molar-refractivity contribution >= 4 is 32.5 Å². The molecule has 0 aliphatic carbocycles. The predicted molar refractivity (Wildman–Crippen MR) is 100 cm³/mol. The van der Waals surface area contributed by atoms with Crippen LogP contribution in [0.1, 0.15) is 12.8 Å². The third-order valence-corrected chi connectivity index (χ3v) is 6.10. The van der Waals surface area contributed by atoms with E-state index in [4.69, 9.17) is 4.42 Å². The summed E-state index contributed by atoms with van der Waals surface area (Å²) in [5, 5.41) is 0. The Kier molecular flexibility index (Phi) is 4.18. The van der Waals surface area contributed by atoms with E-state index in [1.54, 1.807) is 6.07 Å². The van der Waals surface area contributed by atoms with Gasteiger partial charge in [-0.2, -0.15) is 0 Å². The van der Waals surface area contributed by atoms with Gasteiger partial charge in [0.05, 0.1) is 21.8 Å². The minimum absolute atomic E-state index is 0.0756. The van der Waals surface area contributed by atoms with E-state index in [9.17, 15) is 17.6 Å². The van der Waals surface area contributed by atoms with E-state index in [0.29, 0.717) is 11.2 Å². The Balaban J connectivity index is 1.63. The lowest BCUT2D eigenvalue weighted by Crippen LogP contribution is -2.19. The van der Waals surface area contributed by atoms with Crippen molar-refractivity contribution in [3.05, 3.63) is 52.8 Å². The number of hydrogen-bond donors (Lipinski definition) is 1. The fourth-order valence-electron chi connectivity index (χ4n) is 3.28. The Morgan fingerprint density at radius 2 is 1.85 bits per heavy atom. The zero-order chi connectivity index (χ0) is 19.2. The highest BCUT2D eigenvalue weighted by Crippen LogP contribution is 2.27. The van der Waals surface area contributed by atoms with E-state index in [1.807, 2.05) is 4.90 Å². The lowest BCUT2D eigenvalue weighted by atomic mass is 10.2. The van der Waals surface area contributed by atoms with Gasteiger partial charge in [-0.15, -0.1) is 0 Å². The Hall–Kier alpha value is -2.81. The van der Waals surface area contributed by atoms with Crippen LogP contribution in [0.15, 0.2) is 50.5 Å². The van der Waals surface area contributed by atoms with Crippen LogP contribution in [0.3, 0.4) is 0 Å². The van der Waals surface area contributed by atoms with Crippen molar-refractivity contribution in [2.24, 2.45) is 7.05 Å². The molecule has 27 heavy (non-hydrogen) atoms. The van der Waals surface area contributed by atoms with Crippen molar-refractivity contribution in [1.82, 2.24) is 4.57 Å². The normalized spacial score (nSPS) is 14.8. The molecule has 0 bridgehead atoms. The maximum atomic E-state index is 14.4. The predicted octanol–water partition coefficient (Wildman–Crippen LogP) is 2.67. The molecule has 1 aliphatic heterocycles. The third kappa shape index (κ3) is 3.18. The van der Waals surface area contributed by atoms with Gasteiger partial charge >= 0.3 is 5.76 Å². The van der Waals surface area contributed by atoms with E-state index in [-0.39, 0.29) is 16.2 Å². The minimum Gasteiger partial charge on any atom is -0.408 e. The first-order valence-corrected chi connectivity index (χ1v) is 10.0. The van der Waals surface area contributed by atoms with Gasteiger partial charge < -0.3 is 9.32 Å². The second-order valence-electron chi connectivity index (χ2n) is 6.52. The average molecular weight is 391 g/mol. The highest BCUT2D eigenvalue weighted by Gasteiger charge is 2.20. The number of nitrogens with zero attached hydrogens (tertiary/aromatic N) is 2. The zero-order valence-electron chi connectivity index (χ0n) is 14.6. The van der Waals surface area contributed by atoms with Crippen molar-refractivity contribution in [3.63, 3.8) is 0 Å². The molecule has 0 saturated carbocycles. The Morgan fingerprint density at radius 3 is 2.56 bits per heavy atom. The van der Waals surface area contributed by atoms with Gasteiger partial charge in [-0.3, -0.25) is 9.29 Å². The van der Waals surface area contributed by atoms with Crippen molar-refractivity contribution < 1.29 is 17.2 Å². The van der Waals surface area contributed by atoms with Crippen LogP contribution in [0.2, 0.25) is 0 Å². The van der Waals surface area contributed by atoms with E-state index < -0.39 is 21.6 Å². The first kappa shape index (κ1) is 17.6. The average Bonchev–Trinajstić information content (AvgIpc) is 3.23. The number of aromatic nitrogens is 1. The molecule has 0 radical (unpaired) electrons. The lowest BCUT2D eigenvalue weighted by molar-refractivity contribution is 0.527. The number of hydrogen-bond acceptors (Lipinski definition) is 5. The number of nitrogens with one attached hydrogen (secondary N) is 1.